The van der Waals surface area contributed by atoms with Crippen LogP contribution in [0.2, 0.25) is 0 Å². The zero-order valence-corrected chi connectivity index (χ0v) is 17.7. The maximum Gasteiger partial charge on any atom is 0.295 e. The maximum absolute atomic E-state index is 13.5. The van der Waals surface area contributed by atoms with Crippen LogP contribution in [-0.2, 0) is 16.1 Å². The first-order valence-electron chi connectivity index (χ1n) is 10.1. The molecule has 1 unspecified atom stereocenters. The highest BCUT2D eigenvalue weighted by Crippen LogP contribution is 2.40. The number of rotatable bonds is 5. The summed E-state index contributed by atoms with van der Waals surface area (Å²) in [5.41, 5.74) is 2.22. The van der Waals surface area contributed by atoms with Crippen molar-refractivity contribution in [2.75, 3.05) is 7.11 Å². The number of aromatic hydroxyl groups is 1. The van der Waals surface area contributed by atoms with Crippen molar-refractivity contribution in [3.05, 3.63) is 94.8 Å². The second-order valence-electron chi connectivity index (χ2n) is 7.59. The van der Waals surface area contributed by atoms with Crippen LogP contribution in [-0.4, -0.2) is 28.8 Å². The summed E-state index contributed by atoms with van der Waals surface area (Å²) in [6, 6.07) is 13.9. The van der Waals surface area contributed by atoms with Crippen molar-refractivity contribution in [2.45, 2.75) is 19.5 Å². The summed E-state index contributed by atoms with van der Waals surface area (Å²) < 4.78 is 5.20. The topological polar surface area (TPSA) is 104 Å². The molecule has 0 spiro atoms. The van der Waals surface area contributed by atoms with Crippen LogP contribution >= 0.6 is 0 Å². The van der Waals surface area contributed by atoms with Gasteiger partial charge in [-0.2, -0.15) is 0 Å². The van der Waals surface area contributed by atoms with E-state index in [9.17, 15) is 19.8 Å². The Morgan fingerprint density at radius 2 is 1.91 bits per heavy atom. The molecule has 2 aromatic carbocycles. The summed E-state index contributed by atoms with van der Waals surface area (Å²) in [7, 11) is 1.53. The van der Waals surface area contributed by atoms with Gasteiger partial charge >= 0.3 is 0 Å². The van der Waals surface area contributed by atoms with Crippen LogP contribution < -0.4 is 14.8 Å². The lowest BCUT2D eigenvalue weighted by Gasteiger charge is -2.27. The van der Waals surface area contributed by atoms with Gasteiger partial charge < -0.3 is 19.8 Å². The molecule has 2 heterocycles. The Morgan fingerprint density at radius 1 is 1.16 bits per heavy atom. The number of nitrogens with one attached hydrogen (secondary N) is 1. The van der Waals surface area contributed by atoms with E-state index < -0.39 is 23.5 Å². The largest absolute Gasteiger partial charge is 0.872 e. The molecule has 1 fully saturated rings. The molecule has 7 heteroatoms. The number of hydrogen-bond acceptors (Lipinski definition) is 5. The quantitative estimate of drug-likeness (QED) is 0.379. The van der Waals surface area contributed by atoms with Crippen molar-refractivity contribution in [3.63, 3.8) is 0 Å². The summed E-state index contributed by atoms with van der Waals surface area (Å²) in [4.78, 5) is 30.4. The molecule has 0 bridgehead atoms. The number of benzene rings is 2. The molecular weight excluding hydrogens is 408 g/mol. The van der Waals surface area contributed by atoms with Gasteiger partial charge in [-0.1, -0.05) is 24.0 Å². The first-order valence-corrected chi connectivity index (χ1v) is 10.1. The minimum Gasteiger partial charge on any atom is -0.872 e. The van der Waals surface area contributed by atoms with E-state index in [0.717, 1.165) is 5.56 Å². The van der Waals surface area contributed by atoms with Gasteiger partial charge in [0.1, 0.15) is 11.5 Å². The number of Topliss-reactive ketones (excluding diaryl/α,β-unsaturated/α-hetero) is 1. The molecule has 1 aromatic heterocycles. The van der Waals surface area contributed by atoms with E-state index in [1.54, 1.807) is 55.7 Å². The molecular formula is C25H22N2O5. The number of ether oxygens (including phenoxy) is 1. The lowest BCUT2D eigenvalue weighted by Crippen LogP contribution is -2.29. The summed E-state index contributed by atoms with van der Waals surface area (Å²) in [5, 5.41) is 23.2. The smallest absolute Gasteiger partial charge is 0.295 e. The minimum atomic E-state index is -0.871. The highest BCUT2D eigenvalue weighted by atomic mass is 16.5. The second kappa shape index (κ2) is 8.55. The van der Waals surface area contributed by atoms with Crippen LogP contribution in [0.5, 0.6) is 11.5 Å². The van der Waals surface area contributed by atoms with E-state index in [1.807, 2.05) is 6.07 Å². The van der Waals surface area contributed by atoms with Crippen molar-refractivity contribution in [1.29, 1.82) is 0 Å². The zero-order valence-electron chi connectivity index (χ0n) is 17.7. The van der Waals surface area contributed by atoms with Crippen molar-refractivity contribution in [2.24, 2.45) is 0 Å². The molecule has 2 N–H and O–H groups in total. The summed E-state index contributed by atoms with van der Waals surface area (Å²) in [5.74, 6) is -1.41. The fourth-order valence-corrected chi connectivity index (χ4v) is 3.93. The van der Waals surface area contributed by atoms with E-state index in [-0.39, 0.29) is 17.9 Å². The predicted molar refractivity (Wildman–Crippen MR) is 114 cm³/mol. The number of carbonyl (C=O) groups excluding carboxylic acids is 2. The fraction of sp³-hybridized carbons (Fsp3) is 0.160. The monoisotopic (exact) mass is 430 g/mol. The number of likely N-dealkylation sites (tertiary alicyclic amines) is 1. The molecule has 4 rings (SSSR count). The molecule has 1 aliphatic heterocycles. The Labute approximate surface area is 185 Å². The molecule has 0 aliphatic carbocycles. The third-order valence-electron chi connectivity index (χ3n) is 5.54. The first-order chi connectivity index (χ1) is 15.4. The Bertz CT molecular complexity index is 1200. The van der Waals surface area contributed by atoms with Crippen molar-refractivity contribution >= 4 is 17.4 Å². The van der Waals surface area contributed by atoms with Gasteiger partial charge in [-0.15, -0.1) is 0 Å². The Morgan fingerprint density at radius 3 is 2.53 bits per heavy atom. The van der Waals surface area contributed by atoms with E-state index in [0.29, 0.717) is 22.4 Å². The number of carbonyl (C=O) groups is 2. The number of aryl methyl sites for hydroxylation is 1. The van der Waals surface area contributed by atoms with Crippen LogP contribution in [0.25, 0.3) is 5.76 Å². The highest BCUT2D eigenvalue weighted by molar-refractivity contribution is 6.46. The number of phenols is 1. The standard InChI is InChI=1S/C25H22N2O5/c1-15-12-19(32-2)9-10-20(15)23(29)21-22(17-5-7-18(28)8-6-17)27(25(31)24(21)30)14-16-4-3-11-26-13-16/h3-13,22,28-29H,14H2,1-2H3. The van der Waals surface area contributed by atoms with Crippen LogP contribution in [0.1, 0.15) is 28.3 Å². The van der Waals surface area contributed by atoms with Crippen molar-refractivity contribution in [1.82, 2.24) is 4.90 Å². The van der Waals surface area contributed by atoms with Gasteiger partial charge in [0.25, 0.3) is 5.91 Å². The SMILES string of the molecule is COc1ccc(C([O-])=C2C(=O)C(=O)N(Cc3ccc[nH+]c3)C2c2ccc(O)cc2)c(C)c1. The summed E-state index contributed by atoms with van der Waals surface area (Å²) >= 11 is 0. The number of aromatic nitrogens is 1. The molecule has 162 valence electrons. The van der Waals surface area contributed by atoms with Crippen LogP contribution in [0, 0.1) is 6.92 Å². The number of H-pyrrole nitrogens is 1. The zero-order chi connectivity index (χ0) is 22.8. The van der Waals surface area contributed by atoms with Gasteiger partial charge in [0.2, 0.25) is 5.78 Å². The summed E-state index contributed by atoms with van der Waals surface area (Å²) in [6.45, 7) is 1.90. The van der Waals surface area contributed by atoms with E-state index >= 15 is 0 Å². The molecule has 32 heavy (non-hydrogen) atoms. The number of methoxy groups -OCH3 is 1. The molecule has 3 aromatic rings. The normalized spacial score (nSPS) is 17.6. The number of amides is 1. The van der Waals surface area contributed by atoms with E-state index in [4.69, 9.17) is 4.74 Å². The van der Waals surface area contributed by atoms with Gasteiger partial charge in [0, 0.05) is 17.2 Å². The number of phenolic OH excluding ortho intramolecular Hbond substituents is 1. The van der Waals surface area contributed by atoms with Gasteiger partial charge in [-0.25, -0.2) is 4.98 Å². The van der Waals surface area contributed by atoms with Gasteiger partial charge in [0.15, 0.2) is 12.4 Å². The first kappa shape index (κ1) is 21.1. The number of pyridine rings is 1. The van der Waals surface area contributed by atoms with Gasteiger partial charge in [-0.3, -0.25) is 9.59 Å². The lowest BCUT2D eigenvalue weighted by molar-refractivity contribution is -0.378. The van der Waals surface area contributed by atoms with Gasteiger partial charge in [-0.05, 0) is 53.9 Å². The Balaban J connectivity index is 1.87. The molecule has 0 radical (unpaired) electrons. The lowest BCUT2D eigenvalue weighted by atomic mass is 9.93. The van der Waals surface area contributed by atoms with Gasteiger partial charge in [0.05, 0.1) is 19.7 Å². The minimum absolute atomic E-state index is 0.0486. The summed E-state index contributed by atoms with van der Waals surface area (Å²) in [6.07, 6.45) is 3.48. The molecule has 1 atom stereocenters. The maximum atomic E-state index is 13.5. The molecule has 1 amide bonds. The van der Waals surface area contributed by atoms with Crippen LogP contribution in [0.15, 0.2) is 72.6 Å². The highest BCUT2D eigenvalue weighted by Gasteiger charge is 2.44. The van der Waals surface area contributed by atoms with Crippen molar-refractivity contribution < 1.29 is 29.5 Å². The van der Waals surface area contributed by atoms with E-state index in [1.165, 1.54) is 24.1 Å². The molecule has 0 saturated carbocycles. The average Bonchev–Trinajstić information content (AvgIpc) is 3.04. The fourth-order valence-electron chi connectivity index (χ4n) is 3.93. The van der Waals surface area contributed by atoms with E-state index in [2.05, 4.69) is 4.98 Å². The third kappa shape index (κ3) is 3.80. The Kier molecular flexibility index (Phi) is 5.64. The van der Waals surface area contributed by atoms with Crippen LogP contribution in [0.3, 0.4) is 0 Å². The number of ketones is 1. The number of nitrogens with zero attached hydrogens (tertiary/aromatic N) is 1. The molecule has 7 nitrogen and oxygen atoms in total. The molecule has 1 saturated heterocycles. The second-order valence-corrected chi connectivity index (χ2v) is 7.59. The number of aromatic amines is 1. The van der Waals surface area contributed by atoms with Crippen LogP contribution in [0.4, 0.5) is 0 Å². The average molecular weight is 430 g/mol. The third-order valence-corrected chi connectivity index (χ3v) is 5.54. The Hall–Kier alpha value is -4.13. The predicted octanol–water partition coefficient (Wildman–Crippen LogP) is 1.95. The number of hydrogen-bond donors (Lipinski definition) is 1. The molecule has 1 aliphatic rings. The van der Waals surface area contributed by atoms with Crippen molar-refractivity contribution in [3.8, 4) is 11.5 Å².